The molecule has 0 aliphatic rings. The third-order valence-electron chi connectivity index (χ3n) is 3.11. The van der Waals surface area contributed by atoms with Crippen LogP contribution >= 0.6 is 11.8 Å². The van der Waals surface area contributed by atoms with Gasteiger partial charge in [-0.2, -0.15) is 16.9 Å². The van der Waals surface area contributed by atoms with Gasteiger partial charge in [0.2, 0.25) is 5.91 Å². The smallest absolute Gasteiger partial charge is 0.234 e. The van der Waals surface area contributed by atoms with E-state index in [-0.39, 0.29) is 5.91 Å². The molecule has 1 heterocycles. The highest BCUT2D eigenvalue weighted by Gasteiger charge is 2.14. The van der Waals surface area contributed by atoms with E-state index in [2.05, 4.69) is 29.5 Å². The fourth-order valence-corrected chi connectivity index (χ4v) is 2.40. The van der Waals surface area contributed by atoms with Crippen LogP contribution in [-0.2, 0) is 4.79 Å². The molecule has 20 heavy (non-hydrogen) atoms. The number of nitrogens with zero attached hydrogens (tertiary/aromatic N) is 2. The molecule has 0 aliphatic heterocycles. The van der Waals surface area contributed by atoms with Crippen molar-refractivity contribution in [2.75, 3.05) is 17.3 Å². The first-order chi connectivity index (χ1) is 9.52. The molecule has 1 aromatic heterocycles. The van der Waals surface area contributed by atoms with Gasteiger partial charge in [-0.1, -0.05) is 17.7 Å². The number of nitrogens with one attached hydrogen (secondary N) is 1. The predicted molar refractivity (Wildman–Crippen MR) is 84.8 cm³/mol. The summed E-state index contributed by atoms with van der Waals surface area (Å²) in [5.74, 6) is 0.460. The molecule has 0 saturated heterocycles. The van der Waals surface area contributed by atoms with Crippen LogP contribution in [0.25, 0.3) is 5.69 Å². The number of amides is 1. The Morgan fingerprint density at radius 3 is 2.50 bits per heavy atom. The van der Waals surface area contributed by atoms with Crippen molar-refractivity contribution in [1.82, 2.24) is 9.78 Å². The van der Waals surface area contributed by atoms with Crippen LogP contribution < -0.4 is 5.32 Å². The second-order valence-corrected chi connectivity index (χ2v) is 5.64. The minimum Gasteiger partial charge on any atom is -0.322 e. The first-order valence-corrected chi connectivity index (χ1v) is 7.84. The normalized spacial score (nSPS) is 10.6. The Balaban J connectivity index is 2.33. The van der Waals surface area contributed by atoms with E-state index in [1.54, 1.807) is 0 Å². The van der Waals surface area contributed by atoms with Gasteiger partial charge in [0.1, 0.15) is 0 Å². The topological polar surface area (TPSA) is 46.9 Å². The van der Waals surface area contributed by atoms with Crippen LogP contribution in [0.1, 0.15) is 17.0 Å². The number of thioether (sulfide) groups is 1. The summed E-state index contributed by atoms with van der Waals surface area (Å²) >= 11 is 1.51. The number of hydrogen-bond donors (Lipinski definition) is 1. The van der Waals surface area contributed by atoms with Gasteiger partial charge in [-0.05, 0) is 39.2 Å². The van der Waals surface area contributed by atoms with Crippen molar-refractivity contribution in [1.29, 1.82) is 0 Å². The number of carbonyl (C=O) groups excluding carboxylic acids is 1. The fraction of sp³-hybridized carbons (Fsp3) is 0.333. The minimum atomic E-state index is 0.00663. The molecule has 0 spiro atoms. The van der Waals surface area contributed by atoms with E-state index >= 15 is 0 Å². The highest BCUT2D eigenvalue weighted by molar-refractivity contribution is 7.99. The lowest BCUT2D eigenvalue weighted by atomic mass is 10.2. The van der Waals surface area contributed by atoms with Crippen molar-refractivity contribution in [2.24, 2.45) is 0 Å². The Morgan fingerprint density at radius 1 is 1.25 bits per heavy atom. The third-order valence-corrected chi connectivity index (χ3v) is 3.66. The summed E-state index contributed by atoms with van der Waals surface area (Å²) in [6.07, 6.45) is 1.91. The molecule has 0 radical (unpaired) electrons. The summed E-state index contributed by atoms with van der Waals surface area (Å²) in [5, 5.41) is 7.46. The number of carbonyl (C=O) groups is 1. The molecule has 1 amide bonds. The summed E-state index contributed by atoms with van der Waals surface area (Å²) < 4.78 is 1.86. The van der Waals surface area contributed by atoms with Gasteiger partial charge in [-0.15, -0.1) is 0 Å². The van der Waals surface area contributed by atoms with Gasteiger partial charge in [0.05, 0.1) is 28.5 Å². The summed E-state index contributed by atoms with van der Waals surface area (Å²) in [6.45, 7) is 5.93. The SMILES string of the molecule is CSCC(=O)Nc1c(C)nn(-c2ccc(C)cc2)c1C. The van der Waals surface area contributed by atoms with E-state index in [0.29, 0.717) is 5.75 Å². The van der Waals surface area contributed by atoms with E-state index in [4.69, 9.17) is 0 Å². The van der Waals surface area contributed by atoms with Crippen molar-refractivity contribution in [2.45, 2.75) is 20.8 Å². The molecule has 1 N–H and O–H groups in total. The number of anilines is 1. The largest absolute Gasteiger partial charge is 0.322 e. The van der Waals surface area contributed by atoms with Gasteiger partial charge >= 0.3 is 0 Å². The van der Waals surface area contributed by atoms with E-state index < -0.39 is 0 Å². The average molecular weight is 289 g/mol. The Hall–Kier alpha value is -1.75. The van der Waals surface area contributed by atoms with Crippen molar-refractivity contribution >= 4 is 23.4 Å². The summed E-state index contributed by atoms with van der Waals surface area (Å²) in [7, 11) is 0. The molecule has 4 nitrogen and oxygen atoms in total. The maximum Gasteiger partial charge on any atom is 0.234 e. The van der Waals surface area contributed by atoms with Crippen molar-refractivity contribution in [3.63, 3.8) is 0 Å². The zero-order valence-corrected chi connectivity index (χ0v) is 13.0. The number of aromatic nitrogens is 2. The van der Waals surface area contributed by atoms with Crippen LogP contribution in [0.4, 0.5) is 5.69 Å². The second kappa shape index (κ2) is 6.13. The number of aryl methyl sites for hydroxylation is 2. The lowest BCUT2D eigenvalue weighted by molar-refractivity contribution is -0.113. The molecular formula is C15H19N3OS. The monoisotopic (exact) mass is 289 g/mol. The molecule has 0 unspecified atom stereocenters. The quantitative estimate of drug-likeness (QED) is 0.941. The van der Waals surface area contributed by atoms with Crippen molar-refractivity contribution in [3.8, 4) is 5.69 Å². The van der Waals surface area contributed by atoms with Crippen LogP contribution in [0.5, 0.6) is 0 Å². The van der Waals surface area contributed by atoms with Gasteiger partial charge in [-0.25, -0.2) is 4.68 Å². The van der Waals surface area contributed by atoms with E-state index in [0.717, 1.165) is 22.8 Å². The predicted octanol–water partition coefficient (Wildman–Crippen LogP) is 3.10. The summed E-state index contributed by atoms with van der Waals surface area (Å²) in [5.41, 5.74) is 4.80. The van der Waals surface area contributed by atoms with Crippen LogP contribution in [0, 0.1) is 20.8 Å². The first kappa shape index (κ1) is 14.7. The van der Waals surface area contributed by atoms with Crippen molar-refractivity contribution < 1.29 is 4.79 Å². The lowest BCUT2D eigenvalue weighted by Crippen LogP contribution is -2.15. The molecule has 0 atom stereocenters. The number of rotatable bonds is 4. The zero-order valence-electron chi connectivity index (χ0n) is 12.2. The Labute approximate surface area is 123 Å². The Bertz CT molecular complexity index is 617. The van der Waals surface area contributed by atoms with Crippen LogP contribution in [0.2, 0.25) is 0 Å². The maximum atomic E-state index is 11.7. The molecule has 0 saturated carbocycles. The van der Waals surface area contributed by atoms with Gasteiger partial charge in [0, 0.05) is 0 Å². The molecule has 2 rings (SSSR count). The van der Waals surface area contributed by atoms with Crippen LogP contribution in [0.15, 0.2) is 24.3 Å². The van der Waals surface area contributed by atoms with Gasteiger partial charge in [0.25, 0.3) is 0 Å². The Kier molecular flexibility index (Phi) is 4.49. The van der Waals surface area contributed by atoms with E-state index in [9.17, 15) is 4.79 Å². The average Bonchev–Trinajstić information content (AvgIpc) is 2.68. The maximum absolute atomic E-state index is 11.7. The van der Waals surface area contributed by atoms with Crippen LogP contribution in [0.3, 0.4) is 0 Å². The van der Waals surface area contributed by atoms with Gasteiger partial charge in [0.15, 0.2) is 0 Å². The number of hydrogen-bond acceptors (Lipinski definition) is 3. The van der Waals surface area contributed by atoms with E-state index in [1.165, 1.54) is 17.3 Å². The summed E-state index contributed by atoms with van der Waals surface area (Å²) in [6, 6.07) is 8.17. The minimum absolute atomic E-state index is 0.00663. The molecule has 0 bridgehead atoms. The molecule has 2 aromatic rings. The second-order valence-electron chi connectivity index (χ2n) is 4.77. The van der Waals surface area contributed by atoms with Gasteiger partial charge < -0.3 is 5.32 Å². The first-order valence-electron chi connectivity index (χ1n) is 6.45. The van der Waals surface area contributed by atoms with Gasteiger partial charge in [-0.3, -0.25) is 4.79 Å². The number of benzene rings is 1. The molecule has 106 valence electrons. The fourth-order valence-electron chi connectivity index (χ4n) is 2.07. The molecular weight excluding hydrogens is 270 g/mol. The van der Waals surface area contributed by atoms with Crippen molar-refractivity contribution in [3.05, 3.63) is 41.2 Å². The lowest BCUT2D eigenvalue weighted by Gasteiger charge is -2.07. The molecule has 0 aliphatic carbocycles. The highest BCUT2D eigenvalue weighted by Crippen LogP contribution is 2.23. The zero-order chi connectivity index (χ0) is 14.7. The molecule has 5 heteroatoms. The van der Waals surface area contributed by atoms with E-state index in [1.807, 2.05) is 36.9 Å². The highest BCUT2D eigenvalue weighted by atomic mass is 32.2. The molecule has 1 aromatic carbocycles. The standard InChI is InChI=1S/C15H19N3OS/c1-10-5-7-13(8-6-10)18-12(3)15(11(2)17-18)16-14(19)9-20-4/h5-8H,9H2,1-4H3,(H,16,19). The summed E-state index contributed by atoms with van der Waals surface area (Å²) in [4.78, 5) is 11.7. The Morgan fingerprint density at radius 2 is 1.90 bits per heavy atom. The third kappa shape index (κ3) is 3.04. The molecule has 0 fully saturated rings. The van der Waals surface area contributed by atoms with Crippen LogP contribution in [-0.4, -0.2) is 27.7 Å².